The summed E-state index contributed by atoms with van der Waals surface area (Å²) in [6, 6.07) is 0. The van der Waals surface area contributed by atoms with E-state index in [1.54, 1.807) is 0 Å². The van der Waals surface area contributed by atoms with Crippen LogP contribution in [0.5, 0.6) is 0 Å². The SMILES string of the molecule is CC(=O)NCCOCCOCC(=O)CCCOCCOCC(=O)C(C)(C)C. The molecule has 0 aliphatic carbocycles. The average molecular weight is 389 g/mol. The molecule has 0 saturated carbocycles. The highest BCUT2D eigenvalue weighted by atomic mass is 16.5. The Morgan fingerprint density at radius 1 is 0.778 bits per heavy atom. The first-order chi connectivity index (χ1) is 12.7. The van der Waals surface area contributed by atoms with Crippen LogP contribution in [-0.4, -0.2) is 76.9 Å². The third kappa shape index (κ3) is 17.8. The standard InChI is InChI=1S/C19H35NO7/c1-16(21)20-7-9-25-11-12-26-14-17(22)6-5-8-24-10-13-27-15-18(23)19(2,3)4/h5-15H2,1-4H3,(H,20,21). The van der Waals surface area contributed by atoms with Crippen molar-refractivity contribution in [2.75, 3.05) is 59.4 Å². The van der Waals surface area contributed by atoms with E-state index in [9.17, 15) is 14.4 Å². The number of carbonyl (C=O) groups excluding carboxylic acids is 3. The predicted octanol–water partition coefficient (Wildman–Crippen LogP) is 1.15. The summed E-state index contributed by atoms with van der Waals surface area (Å²) < 4.78 is 21.1. The molecule has 1 N–H and O–H groups in total. The molecule has 0 rings (SSSR count). The Bertz CT molecular complexity index is 432. The van der Waals surface area contributed by atoms with E-state index in [4.69, 9.17) is 18.9 Å². The Morgan fingerprint density at radius 2 is 1.33 bits per heavy atom. The highest BCUT2D eigenvalue weighted by Gasteiger charge is 2.20. The average Bonchev–Trinajstić information content (AvgIpc) is 2.58. The number of amides is 1. The van der Waals surface area contributed by atoms with Gasteiger partial charge in [-0.3, -0.25) is 14.4 Å². The van der Waals surface area contributed by atoms with E-state index in [-0.39, 0.29) is 36.1 Å². The molecule has 0 aliphatic heterocycles. The van der Waals surface area contributed by atoms with Gasteiger partial charge in [-0.05, 0) is 6.42 Å². The molecule has 0 fully saturated rings. The van der Waals surface area contributed by atoms with E-state index in [1.807, 2.05) is 20.8 Å². The summed E-state index contributed by atoms with van der Waals surface area (Å²) in [5.41, 5.74) is -0.387. The normalized spacial score (nSPS) is 11.4. The molecular weight excluding hydrogens is 354 g/mol. The van der Waals surface area contributed by atoms with Crippen LogP contribution in [0, 0.1) is 5.41 Å². The largest absolute Gasteiger partial charge is 0.379 e. The van der Waals surface area contributed by atoms with Gasteiger partial charge in [0.25, 0.3) is 0 Å². The number of rotatable bonds is 17. The molecule has 0 radical (unpaired) electrons. The van der Waals surface area contributed by atoms with Crippen molar-refractivity contribution in [3.8, 4) is 0 Å². The van der Waals surface area contributed by atoms with Crippen molar-refractivity contribution in [3.63, 3.8) is 0 Å². The van der Waals surface area contributed by atoms with Crippen molar-refractivity contribution in [1.82, 2.24) is 5.32 Å². The van der Waals surface area contributed by atoms with Gasteiger partial charge in [-0.2, -0.15) is 0 Å². The maximum absolute atomic E-state index is 11.6. The Labute approximate surface area is 162 Å². The van der Waals surface area contributed by atoms with Crippen molar-refractivity contribution in [2.24, 2.45) is 5.41 Å². The lowest BCUT2D eigenvalue weighted by atomic mass is 9.91. The summed E-state index contributed by atoms with van der Waals surface area (Å²) in [4.78, 5) is 33.9. The van der Waals surface area contributed by atoms with Crippen LogP contribution < -0.4 is 5.32 Å². The lowest BCUT2D eigenvalue weighted by molar-refractivity contribution is -0.131. The highest BCUT2D eigenvalue weighted by Crippen LogP contribution is 2.14. The van der Waals surface area contributed by atoms with Crippen molar-refractivity contribution < 1.29 is 33.3 Å². The van der Waals surface area contributed by atoms with Crippen LogP contribution in [0.25, 0.3) is 0 Å². The number of hydrogen-bond donors (Lipinski definition) is 1. The summed E-state index contributed by atoms with van der Waals surface area (Å²) in [5.74, 6) is -0.0114. The minimum absolute atomic E-state index is 0.0175. The lowest BCUT2D eigenvalue weighted by Gasteiger charge is -2.16. The summed E-state index contributed by atoms with van der Waals surface area (Å²) in [6.45, 7) is 10.0. The zero-order valence-electron chi connectivity index (χ0n) is 17.1. The maximum atomic E-state index is 11.6. The molecule has 1 amide bonds. The van der Waals surface area contributed by atoms with Gasteiger partial charge in [-0.1, -0.05) is 20.8 Å². The molecule has 0 aromatic rings. The number of ether oxygens (including phenoxy) is 4. The van der Waals surface area contributed by atoms with Crippen LogP contribution >= 0.6 is 0 Å². The zero-order chi connectivity index (χ0) is 20.5. The van der Waals surface area contributed by atoms with E-state index < -0.39 is 0 Å². The fourth-order valence-electron chi connectivity index (χ4n) is 1.75. The monoisotopic (exact) mass is 389 g/mol. The Kier molecular flexibility index (Phi) is 14.9. The Morgan fingerprint density at radius 3 is 1.93 bits per heavy atom. The fraction of sp³-hybridized carbons (Fsp3) is 0.842. The van der Waals surface area contributed by atoms with E-state index in [1.165, 1.54) is 6.92 Å². The molecule has 8 heteroatoms. The van der Waals surface area contributed by atoms with Gasteiger partial charge in [-0.15, -0.1) is 0 Å². The van der Waals surface area contributed by atoms with Crippen LogP contribution in [0.15, 0.2) is 0 Å². The first-order valence-electron chi connectivity index (χ1n) is 9.34. The van der Waals surface area contributed by atoms with E-state index in [0.29, 0.717) is 59.0 Å². The molecule has 0 aliphatic rings. The molecule has 0 bridgehead atoms. The Hall–Kier alpha value is -1.35. The minimum Gasteiger partial charge on any atom is -0.379 e. The van der Waals surface area contributed by atoms with Gasteiger partial charge >= 0.3 is 0 Å². The highest BCUT2D eigenvalue weighted by molar-refractivity contribution is 5.84. The van der Waals surface area contributed by atoms with E-state index in [0.717, 1.165) is 0 Å². The number of nitrogens with one attached hydrogen (secondary N) is 1. The second-order valence-corrected chi connectivity index (χ2v) is 7.13. The van der Waals surface area contributed by atoms with Gasteiger partial charge in [0, 0.05) is 31.9 Å². The third-order valence-electron chi connectivity index (χ3n) is 3.44. The second-order valence-electron chi connectivity index (χ2n) is 7.13. The van der Waals surface area contributed by atoms with Crippen LogP contribution in [-0.2, 0) is 33.3 Å². The maximum Gasteiger partial charge on any atom is 0.216 e. The molecule has 0 spiro atoms. The van der Waals surface area contributed by atoms with Gasteiger partial charge in [0.2, 0.25) is 5.91 Å². The predicted molar refractivity (Wildman–Crippen MR) is 101 cm³/mol. The molecule has 0 aromatic heterocycles. The fourth-order valence-corrected chi connectivity index (χ4v) is 1.75. The van der Waals surface area contributed by atoms with Gasteiger partial charge in [0.05, 0.1) is 33.0 Å². The first-order valence-corrected chi connectivity index (χ1v) is 9.34. The molecular formula is C19H35NO7. The Balaban J connectivity index is 3.33. The van der Waals surface area contributed by atoms with Gasteiger partial charge in [-0.25, -0.2) is 0 Å². The summed E-state index contributed by atoms with van der Waals surface area (Å²) in [6.07, 6.45) is 1.02. The first kappa shape index (κ1) is 25.6. The lowest BCUT2D eigenvalue weighted by Crippen LogP contribution is -2.25. The summed E-state index contributed by atoms with van der Waals surface area (Å²) >= 11 is 0. The van der Waals surface area contributed by atoms with Crippen molar-refractivity contribution >= 4 is 17.5 Å². The van der Waals surface area contributed by atoms with Crippen LogP contribution in [0.4, 0.5) is 0 Å². The summed E-state index contributed by atoms with van der Waals surface area (Å²) in [5, 5.41) is 2.62. The van der Waals surface area contributed by atoms with Crippen molar-refractivity contribution in [1.29, 1.82) is 0 Å². The molecule has 27 heavy (non-hydrogen) atoms. The van der Waals surface area contributed by atoms with E-state index >= 15 is 0 Å². The molecule has 0 unspecified atom stereocenters. The topological polar surface area (TPSA) is 100 Å². The van der Waals surface area contributed by atoms with Crippen LogP contribution in [0.2, 0.25) is 0 Å². The van der Waals surface area contributed by atoms with Crippen LogP contribution in [0.3, 0.4) is 0 Å². The molecule has 0 aromatic carbocycles. The number of Topliss-reactive ketones (excluding diaryl/α,β-unsaturated/α-hetero) is 2. The zero-order valence-corrected chi connectivity index (χ0v) is 17.1. The molecule has 0 heterocycles. The van der Waals surface area contributed by atoms with E-state index in [2.05, 4.69) is 5.32 Å². The quantitative estimate of drug-likeness (QED) is 0.373. The van der Waals surface area contributed by atoms with Gasteiger partial charge < -0.3 is 24.3 Å². The number of carbonyl (C=O) groups is 3. The summed E-state index contributed by atoms with van der Waals surface area (Å²) in [7, 11) is 0. The number of ketones is 2. The molecule has 0 saturated heterocycles. The smallest absolute Gasteiger partial charge is 0.216 e. The number of hydrogen-bond acceptors (Lipinski definition) is 7. The second kappa shape index (κ2) is 15.7. The molecule has 8 nitrogen and oxygen atoms in total. The molecule has 0 atom stereocenters. The third-order valence-corrected chi connectivity index (χ3v) is 3.44. The van der Waals surface area contributed by atoms with Crippen molar-refractivity contribution in [3.05, 3.63) is 0 Å². The minimum atomic E-state index is -0.387. The van der Waals surface area contributed by atoms with Crippen molar-refractivity contribution in [2.45, 2.75) is 40.5 Å². The molecule has 158 valence electrons. The van der Waals surface area contributed by atoms with Gasteiger partial charge in [0.15, 0.2) is 11.6 Å². The van der Waals surface area contributed by atoms with Gasteiger partial charge in [0.1, 0.15) is 13.2 Å². The van der Waals surface area contributed by atoms with Crippen LogP contribution in [0.1, 0.15) is 40.5 Å².